The average Bonchev–Trinajstić information content (AvgIpc) is 2.71. The molecule has 2 nitrogen and oxygen atoms in total. The molecule has 1 aromatic rings. The number of thiazole rings is 1. The van der Waals surface area contributed by atoms with Gasteiger partial charge in [-0.1, -0.05) is 6.42 Å². The van der Waals surface area contributed by atoms with Crippen LogP contribution in [0, 0.1) is 6.92 Å². The van der Waals surface area contributed by atoms with E-state index in [1.54, 1.807) is 0 Å². The summed E-state index contributed by atoms with van der Waals surface area (Å²) >= 11 is 3.99. The molecule has 2 atom stereocenters. The van der Waals surface area contributed by atoms with Gasteiger partial charge >= 0.3 is 0 Å². The molecule has 0 bridgehead atoms. The van der Waals surface area contributed by atoms with Crippen LogP contribution in [-0.4, -0.2) is 17.8 Å². The Hall–Kier alpha value is -0.0600. The Balaban J connectivity index is 2.16. The Kier molecular flexibility index (Phi) is 4.27. The van der Waals surface area contributed by atoms with Crippen molar-refractivity contribution in [2.75, 3.05) is 12.8 Å². The number of hydrogen-bond donors (Lipinski definition) is 1. The van der Waals surface area contributed by atoms with Crippen molar-refractivity contribution in [1.29, 1.82) is 0 Å². The van der Waals surface area contributed by atoms with E-state index >= 15 is 0 Å². The quantitative estimate of drug-likeness (QED) is 0.893. The van der Waals surface area contributed by atoms with Gasteiger partial charge in [0.25, 0.3) is 0 Å². The first-order chi connectivity index (χ1) is 7.72. The second-order valence-corrected chi connectivity index (χ2v) is 6.74. The highest BCUT2D eigenvalue weighted by Crippen LogP contribution is 2.41. The Labute approximate surface area is 106 Å². The van der Waals surface area contributed by atoms with E-state index in [0.717, 1.165) is 0 Å². The molecule has 1 aliphatic heterocycles. The van der Waals surface area contributed by atoms with E-state index in [-0.39, 0.29) is 0 Å². The standard InChI is InChI=1S/C12H20N2S2/c1-8(13-3)11-9(2)14-12(16-11)10-6-4-5-7-15-10/h8,10,13H,4-7H2,1-3H3. The molecule has 0 amide bonds. The van der Waals surface area contributed by atoms with E-state index in [1.807, 2.05) is 18.4 Å². The van der Waals surface area contributed by atoms with Crippen LogP contribution >= 0.6 is 23.1 Å². The first-order valence-electron chi connectivity index (χ1n) is 5.98. The molecule has 2 unspecified atom stereocenters. The number of thioether (sulfide) groups is 1. The summed E-state index contributed by atoms with van der Waals surface area (Å²) in [7, 11) is 2.01. The molecule has 0 aliphatic carbocycles. The van der Waals surface area contributed by atoms with Gasteiger partial charge in [0.2, 0.25) is 0 Å². The zero-order valence-electron chi connectivity index (χ0n) is 10.2. The highest BCUT2D eigenvalue weighted by atomic mass is 32.2. The topological polar surface area (TPSA) is 24.9 Å². The molecule has 0 saturated carbocycles. The van der Waals surface area contributed by atoms with E-state index in [2.05, 4.69) is 30.9 Å². The van der Waals surface area contributed by atoms with Gasteiger partial charge in [-0.3, -0.25) is 0 Å². The third-order valence-electron chi connectivity index (χ3n) is 3.13. The number of nitrogens with one attached hydrogen (secondary N) is 1. The van der Waals surface area contributed by atoms with Crippen LogP contribution in [0.4, 0.5) is 0 Å². The maximum Gasteiger partial charge on any atom is 0.106 e. The second kappa shape index (κ2) is 5.52. The van der Waals surface area contributed by atoms with E-state index in [0.29, 0.717) is 11.3 Å². The minimum absolute atomic E-state index is 0.430. The lowest BCUT2D eigenvalue weighted by Crippen LogP contribution is -2.11. The van der Waals surface area contributed by atoms with Crippen LogP contribution in [-0.2, 0) is 0 Å². The summed E-state index contributed by atoms with van der Waals surface area (Å²) in [5.41, 5.74) is 1.22. The van der Waals surface area contributed by atoms with Gasteiger partial charge in [-0.25, -0.2) is 4.98 Å². The second-order valence-electron chi connectivity index (χ2n) is 4.37. The molecule has 1 N–H and O–H groups in total. The normalized spacial score (nSPS) is 23.3. The third kappa shape index (κ3) is 2.60. The third-order valence-corrected chi connectivity index (χ3v) is 6.12. The highest BCUT2D eigenvalue weighted by Gasteiger charge is 2.22. The predicted molar refractivity (Wildman–Crippen MR) is 73.4 cm³/mol. The van der Waals surface area contributed by atoms with Gasteiger partial charge in [-0.2, -0.15) is 11.8 Å². The van der Waals surface area contributed by atoms with Crippen LogP contribution in [0.5, 0.6) is 0 Å². The molecule has 0 aromatic carbocycles. The van der Waals surface area contributed by atoms with E-state index < -0.39 is 0 Å². The molecular weight excluding hydrogens is 236 g/mol. The fraction of sp³-hybridized carbons (Fsp3) is 0.750. The van der Waals surface area contributed by atoms with Gasteiger partial charge in [-0.05, 0) is 39.5 Å². The Morgan fingerprint density at radius 2 is 2.25 bits per heavy atom. The maximum atomic E-state index is 4.76. The van der Waals surface area contributed by atoms with Gasteiger partial charge in [0.1, 0.15) is 5.01 Å². The van der Waals surface area contributed by atoms with E-state index in [4.69, 9.17) is 4.98 Å². The Morgan fingerprint density at radius 1 is 1.44 bits per heavy atom. The van der Waals surface area contributed by atoms with Crippen molar-refractivity contribution in [3.63, 3.8) is 0 Å². The number of nitrogens with zero attached hydrogens (tertiary/aromatic N) is 1. The zero-order chi connectivity index (χ0) is 11.5. The van der Waals surface area contributed by atoms with E-state index in [1.165, 1.54) is 40.6 Å². The smallest absolute Gasteiger partial charge is 0.106 e. The lowest BCUT2D eigenvalue weighted by Gasteiger charge is -2.18. The lowest BCUT2D eigenvalue weighted by molar-refractivity contribution is 0.658. The molecule has 1 saturated heterocycles. The summed E-state index contributed by atoms with van der Waals surface area (Å²) in [6.45, 7) is 4.34. The average molecular weight is 256 g/mol. The zero-order valence-corrected chi connectivity index (χ0v) is 11.9. The van der Waals surface area contributed by atoms with Crippen LogP contribution in [0.1, 0.15) is 53.1 Å². The van der Waals surface area contributed by atoms with Gasteiger partial charge < -0.3 is 5.32 Å². The van der Waals surface area contributed by atoms with Crippen LogP contribution in [0.3, 0.4) is 0 Å². The molecule has 1 fully saturated rings. The van der Waals surface area contributed by atoms with Gasteiger partial charge in [0.05, 0.1) is 10.9 Å². The van der Waals surface area contributed by atoms with Crippen molar-refractivity contribution >= 4 is 23.1 Å². The number of rotatable bonds is 3. The van der Waals surface area contributed by atoms with Crippen LogP contribution < -0.4 is 5.32 Å². The molecule has 0 radical (unpaired) electrons. The monoisotopic (exact) mass is 256 g/mol. The molecule has 0 spiro atoms. The highest BCUT2D eigenvalue weighted by molar-refractivity contribution is 7.99. The summed E-state index contributed by atoms with van der Waals surface area (Å²) in [6.07, 6.45) is 4.06. The molecule has 1 aliphatic rings. The fourth-order valence-corrected chi connectivity index (χ4v) is 4.71. The Morgan fingerprint density at radius 3 is 2.88 bits per heavy atom. The van der Waals surface area contributed by atoms with Crippen LogP contribution in [0.15, 0.2) is 0 Å². The van der Waals surface area contributed by atoms with Crippen molar-refractivity contribution in [3.05, 3.63) is 15.6 Å². The summed E-state index contributed by atoms with van der Waals surface area (Å²) in [6, 6.07) is 0.430. The van der Waals surface area contributed by atoms with Crippen molar-refractivity contribution in [1.82, 2.24) is 10.3 Å². The predicted octanol–water partition coefficient (Wildman–Crippen LogP) is 3.69. The summed E-state index contributed by atoms with van der Waals surface area (Å²) in [5.74, 6) is 1.31. The fourth-order valence-electron chi connectivity index (χ4n) is 2.04. The van der Waals surface area contributed by atoms with Crippen LogP contribution in [0.2, 0.25) is 0 Å². The molecule has 1 aromatic heterocycles. The number of aryl methyl sites for hydroxylation is 1. The summed E-state index contributed by atoms with van der Waals surface area (Å²) in [5, 5.41) is 5.31. The number of aromatic nitrogens is 1. The van der Waals surface area contributed by atoms with Gasteiger partial charge in [-0.15, -0.1) is 11.3 Å². The molecule has 2 heterocycles. The number of hydrogen-bond acceptors (Lipinski definition) is 4. The maximum absolute atomic E-state index is 4.76. The molecule has 16 heavy (non-hydrogen) atoms. The van der Waals surface area contributed by atoms with Gasteiger partial charge in [0, 0.05) is 10.9 Å². The van der Waals surface area contributed by atoms with Crippen LogP contribution in [0.25, 0.3) is 0 Å². The van der Waals surface area contributed by atoms with E-state index in [9.17, 15) is 0 Å². The molecule has 2 rings (SSSR count). The Bertz CT molecular complexity index is 343. The first-order valence-corrected chi connectivity index (χ1v) is 7.85. The lowest BCUT2D eigenvalue weighted by atomic mass is 10.2. The van der Waals surface area contributed by atoms with Gasteiger partial charge in [0.15, 0.2) is 0 Å². The van der Waals surface area contributed by atoms with Crippen molar-refractivity contribution in [2.45, 2.75) is 44.4 Å². The van der Waals surface area contributed by atoms with Crippen molar-refractivity contribution in [3.8, 4) is 0 Å². The minimum Gasteiger partial charge on any atom is -0.312 e. The van der Waals surface area contributed by atoms with Crippen molar-refractivity contribution in [2.24, 2.45) is 0 Å². The summed E-state index contributed by atoms with van der Waals surface area (Å²) in [4.78, 5) is 6.17. The molecular formula is C12H20N2S2. The minimum atomic E-state index is 0.430. The largest absolute Gasteiger partial charge is 0.312 e. The molecule has 4 heteroatoms. The van der Waals surface area contributed by atoms with Crippen molar-refractivity contribution < 1.29 is 0 Å². The summed E-state index contributed by atoms with van der Waals surface area (Å²) < 4.78 is 0. The first kappa shape index (κ1) is 12.4. The molecule has 90 valence electrons. The SMILES string of the molecule is CNC(C)c1sc(C2CCCCS2)nc1C.